The predicted octanol–water partition coefficient (Wildman–Crippen LogP) is 3.71. The van der Waals surface area contributed by atoms with Crippen molar-refractivity contribution in [1.29, 1.82) is 0 Å². The Balaban J connectivity index is 0.000000853. The number of nitrogens with zero attached hydrogens (tertiary/aromatic N) is 2. The van der Waals surface area contributed by atoms with Gasteiger partial charge in [0.15, 0.2) is 11.6 Å². The van der Waals surface area contributed by atoms with Crippen LogP contribution >= 0.6 is 0 Å². The second-order valence-corrected chi connectivity index (χ2v) is 10.4. The van der Waals surface area contributed by atoms with Crippen LogP contribution in [0.25, 0.3) is 11.3 Å². The minimum Gasteiger partial charge on any atom is -0.483 e. The van der Waals surface area contributed by atoms with Crippen LogP contribution < -0.4 is 21.7 Å². The zero-order chi connectivity index (χ0) is 32.6. The summed E-state index contributed by atoms with van der Waals surface area (Å²) < 4.78 is 33.6. The lowest BCUT2D eigenvalue weighted by Gasteiger charge is -2.30. The molecule has 45 heavy (non-hydrogen) atoms. The molecule has 1 saturated carbocycles. The van der Waals surface area contributed by atoms with Crippen LogP contribution in [-0.2, 0) is 32.2 Å². The van der Waals surface area contributed by atoms with E-state index in [4.69, 9.17) is 30.3 Å². The van der Waals surface area contributed by atoms with Crippen LogP contribution in [0.5, 0.6) is 0 Å². The number of carboxylic acid groups (broad SMARTS) is 2. The van der Waals surface area contributed by atoms with Crippen molar-refractivity contribution < 1.29 is 38.1 Å². The Morgan fingerprint density at radius 3 is 2.31 bits per heavy atom. The van der Waals surface area contributed by atoms with Gasteiger partial charge in [-0.3, -0.25) is 14.4 Å². The number of ether oxygens (including phenoxy) is 1. The van der Waals surface area contributed by atoms with Gasteiger partial charge in [-0.05, 0) is 62.8 Å². The highest BCUT2D eigenvalue weighted by Gasteiger charge is 2.30. The van der Waals surface area contributed by atoms with Crippen LogP contribution in [0.4, 0.5) is 20.4 Å². The number of carbonyl (C=O) groups is 3. The zero-order valence-corrected chi connectivity index (χ0v) is 24.6. The van der Waals surface area contributed by atoms with Gasteiger partial charge >= 0.3 is 5.97 Å². The van der Waals surface area contributed by atoms with Gasteiger partial charge in [0, 0.05) is 30.3 Å². The first-order chi connectivity index (χ1) is 21.8. The molecule has 2 atom stereocenters. The molecular weight excluding hydrogens is 590 g/mol. The molecule has 0 bridgehead atoms. The number of nitrogens with one attached hydrogen (secondary N) is 3. The number of aromatic nitrogens is 2. The Morgan fingerprint density at radius 1 is 1.02 bits per heavy atom. The van der Waals surface area contributed by atoms with Crippen molar-refractivity contribution in [3.8, 4) is 11.3 Å². The number of piperidine rings is 1. The van der Waals surface area contributed by atoms with E-state index in [1.165, 1.54) is 18.2 Å². The molecule has 2 heterocycles. The third-order valence-electron chi connectivity index (χ3n) is 7.41. The first-order valence-corrected chi connectivity index (χ1v) is 14.5. The van der Waals surface area contributed by atoms with E-state index in [1.807, 2.05) is 24.3 Å². The number of anilines is 2. The standard InChI is InChI=1S/C29H34F2N6O2.2CH2O2/c30-23-6-3-7-24(31)22(23)16-36-28-27(32)35-17-26(37-28)19-10-8-18(9-11-19)15-34-20-12-13-33-25(14-20)29(38)39-21-4-1-2-5-21;2*2-1-3/h3,6-11,17,20-21,25,33-34H,1-2,4-5,12-16H2,(H2,32,35)(H,36,37);2*1H,(H,2,3)/t20?,25-;;/m1../s1. The summed E-state index contributed by atoms with van der Waals surface area (Å²) in [6, 6.07) is 11.6. The van der Waals surface area contributed by atoms with Crippen molar-refractivity contribution in [1.82, 2.24) is 20.6 Å². The summed E-state index contributed by atoms with van der Waals surface area (Å²) in [4.78, 5) is 38.0. The molecule has 1 saturated heterocycles. The number of carbonyl (C=O) groups excluding carboxylic acids is 1. The predicted molar refractivity (Wildman–Crippen MR) is 163 cm³/mol. The quantitative estimate of drug-likeness (QED) is 0.149. The minimum absolute atomic E-state index is 0.0820. The molecule has 0 radical (unpaired) electrons. The zero-order valence-electron chi connectivity index (χ0n) is 24.6. The lowest BCUT2D eigenvalue weighted by Crippen LogP contribution is -2.50. The number of benzene rings is 2. The Kier molecular flexibility index (Phi) is 14.1. The molecule has 7 N–H and O–H groups in total. The lowest BCUT2D eigenvalue weighted by molar-refractivity contribution is -0.152. The third-order valence-corrected chi connectivity index (χ3v) is 7.41. The molecule has 1 aliphatic carbocycles. The Bertz CT molecular complexity index is 1370. The van der Waals surface area contributed by atoms with Gasteiger partial charge in [0.25, 0.3) is 12.9 Å². The maximum absolute atomic E-state index is 14.0. The van der Waals surface area contributed by atoms with E-state index in [1.54, 1.807) is 6.20 Å². The minimum atomic E-state index is -0.640. The van der Waals surface area contributed by atoms with E-state index in [-0.39, 0.29) is 60.8 Å². The maximum Gasteiger partial charge on any atom is 0.323 e. The average Bonchev–Trinajstić information content (AvgIpc) is 3.55. The number of esters is 1. The molecule has 1 aromatic heterocycles. The van der Waals surface area contributed by atoms with Crippen LogP contribution in [0.1, 0.15) is 49.7 Å². The molecule has 1 aliphatic heterocycles. The first kappa shape index (κ1) is 34.8. The van der Waals surface area contributed by atoms with Gasteiger partial charge in [-0.1, -0.05) is 30.3 Å². The number of rotatable bonds is 9. The van der Waals surface area contributed by atoms with Crippen molar-refractivity contribution >= 4 is 30.5 Å². The van der Waals surface area contributed by atoms with E-state index < -0.39 is 11.6 Å². The summed E-state index contributed by atoms with van der Waals surface area (Å²) in [5.41, 5.74) is 8.37. The normalized spacial score (nSPS) is 17.6. The molecular formula is C31H38F2N6O6. The van der Waals surface area contributed by atoms with Gasteiger partial charge in [0.2, 0.25) is 0 Å². The Labute approximate surface area is 259 Å². The van der Waals surface area contributed by atoms with E-state index in [0.29, 0.717) is 18.7 Å². The summed E-state index contributed by atoms with van der Waals surface area (Å²) >= 11 is 0. The fraction of sp³-hybridized carbons (Fsp3) is 0.387. The molecule has 1 unspecified atom stereocenters. The summed E-state index contributed by atoms with van der Waals surface area (Å²) in [6.45, 7) is 0.835. The van der Waals surface area contributed by atoms with Crippen LogP contribution in [0, 0.1) is 11.6 Å². The number of nitrogen functional groups attached to an aromatic ring is 1. The first-order valence-electron chi connectivity index (χ1n) is 14.5. The molecule has 3 aromatic rings. The van der Waals surface area contributed by atoms with Gasteiger partial charge < -0.3 is 36.6 Å². The molecule has 2 aromatic carbocycles. The van der Waals surface area contributed by atoms with Crippen LogP contribution in [0.2, 0.25) is 0 Å². The Morgan fingerprint density at radius 2 is 1.67 bits per heavy atom. The van der Waals surface area contributed by atoms with E-state index >= 15 is 0 Å². The molecule has 0 spiro atoms. The van der Waals surface area contributed by atoms with E-state index in [9.17, 15) is 13.6 Å². The van der Waals surface area contributed by atoms with E-state index in [0.717, 1.165) is 49.8 Å². The molecule has 242 valence electrons. The fourth-order valence-electron chi connectivity index (χ4n) is 5.13. The van der Waals surface area contributed by atoms with Crippen molar-refractivity contribution in [3.63, 3.8) is 0 Å². The Hall–Kier alpha value is -4.69. The lowest BCUT2D eigenvalue weighted by atomic mass is 9.99. The molecule has 12 nitrogen and oxygen atoms in total. The summed E-state index contributed by atoms with van der Waals surface area (Å²) in [6.07, 6.45) is 7.52. The summed E-state index contributed by atoms with van der Waals surface area (Å²) in [7, 11) is 0. The van der Waals surface area contributed by atoms with Gasteiger partial charge in [-0.25, -0.2) is 18.7 Å². The van der Waals surface area contributed by atoms with Crippen molar-refractivity contribution in [3.05, 3.63) is 71.4 Å². The smallest absolute Gasteiger partial charge is 0.323 e. The maximum atomic E-state index is 14.0. The van der Waals surface area contributed by atoms with Crippen molar-refractivity contribution in [2.24, 2.45) is 0 Å². The molecule has 2 aliphatic rings. The van der Waals surface area contributed by atoms with Gasteiger partial charge in [0.05, 0.1) is 11.9 Å². The number of halogens is 2. The highest BCUT2D eigenvalue weighted by molar-refractivity contribution is 5.76. The number of nitrogens with two attached hydrogens (primary N) is 1. The van der Waals surface area contributed by atoms with Crippen molar-refractivity contribution in [2.45, 2.75) is 69.8 Å². The average molecular weight is 629 g/mol. The van der Waals surface area contributed by atoms with E-state index in [2.05, 4.69) is 25.9 Å². The van der Waals surface area contributed by atoms with Crippen LogP contribution in [-0.4, -0.2) is 63.8 Å². The second-order valence-electron chi connectivity index (χ2n) is 10.4. The highest BCUT2D eigenvalue weighted by Crippen LogP contribution is 2.24. The van der Waals surface area contributed by atoms with Gasteiger partial charge in [-0.15, -0.1) is 0 Å². The largest absolute Gasteiger partial charge is 0.483 e. The molecule has 0 amide bonds. The van der Waals surface area contributed by atoms with Crippen molar-refractivity contribution in [2.75, 3.05) is 17.6 Å². The number of hydrogen-bond donors (Lipinski definition) is 6. The monoisotopic (exact) mass is 628 g/mol. The topological polar surface area (TPSA) is 189 Å². The summed E-state index contributed by atoms with van der Waals surface area (Å²) in [5, 5.41) is 23.5. The molecule has 2 fully saturated rings. The molecule has 14 heteroatoms. The number of hydrogen-bond acceptors (Lipinski definition) is 10. The highest BCUT2D eigenvalue weighted by atomic mass is 19.1. The SMILES string of the molecule is Nc1ncc(-c2ccc(CNC3CCN[C@@H](C(=O)OC4CCCC4)C3)cc2)nc1NCc1c(F)cccc1F.O=CO.O=CO. The third kappa shape index (κ3) is 10.8. The van der Waals surface area contributed by atoms with Crippen LogP contribution in [0.3, 0.4) is 0 Å². The van der Waals surface area contributed by atoms with Gasteiger partial charge in [0.1, 0.15) is 23.8 Å². The molecule has 5 rings (SSSR count). The fourth-order valence-corrected chi connectivity index (χ4v) is 5.13. The van der Waals surface area contributed by atoms with Gasteiger partial charge in [-0.2, -0.15) is 0 Å². The summed E-state index contributed by atoms with van der Waals surface area (Å²) in [5.74, 6) is -1.01. The second kappa shape index (κ2) is 18.2. The van der Waals surface area contributed by atoms with Crippen LogP contribution in [0.15, 0.2) is 48.7 Å².